The van der Waals surface area contributed by atoms with E-state index in [2.05, 4.69) is 28.4 Å². The molecule has 0 unspecified atom stereocenters. The molecule has 0 atom stereocenters. The Balaban J connectivity index is 1.55. The van der Waals surface area contributed by atoms with Gasteiger partial charge in [-0.25, -0.2) is 4.98 Å². The second-order valence-corrected chi connectivity index (χ2v) is 8.10. The van der Waals surface area contributed by atoms with E-state index < -0.39 is 0 Å². The largest absolute Gasteiger partial charge is 0.495 e. The van der Waals surface area contributed by atoms with E-state index in [1.54, 1.807) is 7.11 Å². The summed E-state index contributed by atoms with van der Waals surface area (Å²) >= 11 is 6.36. The predicted molar refractivity (Wildman–Crippen MR) is 112 cm³/mol. The van der Waals surface area contributed by atoms with Crippen molar-refractivity contribution in [2.24, 2.45) is 0 Å². The Morgan fingerprint density at radius 2 is 1.81 bits per heavy atom. The lowest BCUT2D eigenvalue weighted by atomic mass is 10.0. The Hall–Kier alpha value is -2.04. The van der Waals surface area contributed by atoms with Crippen molar-refractivity contribution >= 4 is 39.1 Å². The lowest BCUT2D eigenvalue weighted by Gasteiger charge is -2.33. The van der Waals surface area contributed by atoms with Crippen LogP contribution in [0.4, 0.5) is 5.69 Å². The van der Waals surface area contributed by atoms with Gasteiger partial charge in [-0.1, -0.05) is 29.8 Å². The Bertz CT molecular complexity index is 994. The number of hydrogen-bond donors (Lipinski definition) is 1. The van der Waals surface area contributed by atoms with Crippen LogP contribution in [0.15, 0.2) is 36.4 Å². The van der Waals surface area contributed by atoms with Gasteiger partial charge < -0.3 is 15.0 Å². The number of ether oxygens (including phenoxy) is 1. The number of para-hydroxylation sites is 1. The summed E-state index contributed by atoms with van der Waals surface area (Å²) < 4.78 is 5.46. The Kier molecular flexibility index (Phi) is 4.33. The predicted octanol–water partition coefficient (Wildman–Crippen LogP) is 5.09. The normalized spacial score (nSPS) is 18.9. The maximum absolute atomic E-state index is 6.36. The summed E-state index contributed by atoms with van der Waals surface area (Å²) in [6.07, 6.45) is 5.13. The molecule has 1 saturated carbocycles. The Morgan fingerprint density at radius 1 is 1.04 bits per heavy atom. The maximum atomic E-state index is 6.36. The molecule has 27 heavy (non-hydrogen) atoms. The number of anilines is 1. The third kappa shape index (κ3) is 3.21. The number of halogens is 1. The maximum Gasteiger partial charge on any atom is 0.138 e. The van der Waals surface area contributed by atoms with Crippen LogP contribution < -0.4 is 10.1 Å². The molecule has 2 aliphatic rings. The summed E-state index contributed by atoms with van der Waals surface area (Å²) in [4.78, 5) is 7.48. The second kappa shape index (κ2) is 6.84. The van der Waals surface area contributed by atoms with Crippen molar-refractivity contribution < 1.29 is 4.74 Å². The van der Waals surface area contributed by atoms with Crippen molar-refractivity contribution in [3.05, 3.63) is 41.4 Å². The minimum Gasteiger partial charge on any atom is -0.495 e. The summed E-state index contributed by atoms with van der Waals surface area (Å²) in [6, 6.07) is 13.6. The third-order valence-electron chi connectivity index (χ3n) is 5.90. The summed E-state index contributed by atoms with van der Waals surface area (Å²) in [5.41, 5.74) is 3.04. The van der Waals surface area contributed by atoms with Gasteiger partial charge in [0.1, 0.15) is 5.75 Å². The zero-order valence-electron chi connectivity index (χ0n) is 15.5. The number of likely N-dealkylation sites (tertiary alicyclic amines) is 1. The van der Waals surface area contributed by atoms with Crippen LogP contribution in [0.25, 0.3) is 21.8 Å². The van der Waals surface area contributed by atoms with Gasteiger partial charge in [-0.05, 0) is 43.9 Å². The van der Waals surface area contributed by atoms with Crippen LogP contribution in [-0.4, -0.2) is 42.2 Å². The van der Waals surface area contributed by atoms with Gasteiger partial charge in [-0.15, -0.1) is 0 Å². The van der Waals surface area contributed by atoms with Crippen LogP contribution in [0.2, 0.25) is 5.02 Å². The molecule has 0 spiro atoms. The molecule has 0 amide bonds. The van der Waals surface area contributed by atoms with Crippen LogP contribution in [-0.2, 0) is 0 Å². The van der Waals surface area contributed by atoms with Crippen molar-refractivity contribution in [2.45, 2.75) is 37.8 Å². The average Bonchev–Trinajstić information content (AvgIpc) is 3.53. The van der Waals surface area contributed by atoms with E-state index in [0.29, 0.717) is 16.8 Å². The van der Waals surface area contributed by atoms with Crippen LogP contribution >= 0.6 is 11.6 Å². The first-order valence-electron chi connectivity index (χ1n) is 9.79. The summed E-state index contributed by atoms with van der Waals surface area (Å²) in [5.74, 6) is 0.688. The molecule has 1 saturated heterocycles. The van der Waals surface area contributed by atoms with E-state index in [1.807, 2.05) is 18.2 Å². The minimum atomic E-state index is 0.482. The highest BCUT2D eigenvalue weighted by atomic mass is 35.5. The van der Waals surface area contributed by atoms with Crippen molar-refractivity contribution in [3.8, 4) is 5.75 Å². The van der Waals surface area contributed by atoms with E-state index in [-0.39, 0.29) is 0 Å². The first-order chi connectivity index (χ1) is 13.2. The number of fused-ring (bicyclic) bond motifs is 2. The number of aromatic nitrogens is 1. The first kappa shape index (κ1) is 17.1. The zero-order valence-corrected chi connectivity index (χ0v) is 16.3. The molecule has 2 heterocycles. The van der Waals surface area contributed by atoms with Gasteiger partial charge in [-0.3, -0.25) is 0 Å². The molecule has 1 aromatic heterocycles. The van der Waals surface area contributed by atoms with Gasteiger partial charge in [-0.2, -0.15) is 0 Å². The fourth-order valence-electron chi connectivity index (χ4n) is 4.26. The molecule has 3 aromatic rings. The number of rotatable bonds is 4. The van der Waals surface area contributed by atoms with E-state index in [0.717, 1.165) is 33.5 Å². The quantitative estimate of drug-likeness (QED) is 0.639. The highest BCUT2D eigenvalue weighted by Gasteiger charge is 2.32. The van der Waals surface area contributed by atoms with E-state index in [4.69, 9.17) is 21.3 Å². The lowest BCUT2D eigenvalue weighted by Crippen LogP contribution is -2.40. The number of hydrogen-bond acceptors (Lipinski definition) is 4. The topological polar surface area (TPSA) is 37.4 Å². The van der Waals surface area contributed by atoms with Gasteiger partial charge in [0.05, 0.1) is 28.9 Å². The molecule has 2 fully saturated rings. The number of nitrogens with zero attached hydrogens (tertiary/aromatic N) is 2. The Labute approximate surface area is 164 Å². The summed E-state index contributed by atoms with van der Waals surface area (Å²) in [7, 11) is 1.65. The van der Waals surface area contributed by atoms with Crippen LogP contribution in [0.1, 0.15) is 25.7 Å². The van der Waals surface area contributed by atoms with Crippen molar-refractivity contribution in [1.29, 1.82) is 0 Å². The van der Waals surface area contributed by atoms with Crippen molar-refractivity contribution in [3.63, 3.8) is 0 Å². The van der Waals surface area contributed by atoms with Gasteiger partial charge in [0, 0.05) is 35.9 Å². The number of nitrogens with one attached hydrogen (secondary N) is 1. The average molecular weight is 382 g/mol. The molecule has 0 bridgehead atoms. The summed E-state index contributed by atoms with van der Waals surface area (Å²) in [6.45, 7) is 2.39. The van der Waals surface area contributed by atoms with Crippen molar-refractivity contribution in [2.75, 3.05) is 25.5 Å². The van der Waals surface area contributed by atoms with Gasteiger partial charge >= 0.3 is 0 Å². The number of benzene rings is 2. The zero-order chi connectivity index (χ0) is 18.4. The fourth-order valence-corrected chi connectivity index (χ4v) is 4.49. The Morgan fingerprint density at radius 3 is 2.56 bits per heavy atom. The molecule has 1 aliphatic heterocycles. The van der Waals surface area contributed by atoms with E-state index in [9.17, 15) is 0 Å². The fraction of sp³-hybridized carbons (Fsp3) is 0.409. The molecule has 140 valence electrons. The standard InChI is InChI=1S/C22H24ClN3O/c1-27-21-12-17-20(13-18(21)23)25-19-5-3-2-4-16(19)22(17)24-14-8-10-26(11-9-14)15-6-7-15/h2-5,12-15H,6-11H2,1H3,(H,24,25). The van der Waals surface area contributed by atoms with Crippen LogP contribution in [0.5, 0.6) is 5.75 Å². The highest BCUT2D eigenvalue weighted by Crippen LogP contribution is 2.38. The molecule has 1 aliphatic carbocycles. The van der Waals surface area contributed by atoms with Crippen molar-refractivity contribution in [1.82, 2.24) is 9.88 Å². The first-order valence-corrected chi connectivity index (χ1v) is 10.2. The third-order valence-corrected chi connectivity index (χ3v) is 6.19. The number of pyridine rings is 1. The smallest absolute Gasteiger partial charge is 0.138 e. The number of methoxy groups -OCH3 is 1. The van der Waals surface area contributed by atoms with Gasteiger partial charge in [0.25, 0.3) is 0 Å². The highest BCUT2D eigenvalue weighted by molar-refractivity contribution is 6.33. The summed E-state index contributed by atoms with van der Waals surface area (Å²) in [5, 5.41) is 6.67. The van der Waals surface area contributed by atoms with Gasteiger partial charge in [0.2, 0.25) is 0 Å². The minimum absolute atomic E-state index is 0.482. The molecule has 5 rings (SSSR count). The molecule has 5 heteroatoms. The lowest BCUT2D eigenvalue weighted by molar-refractivity contribution is 0.210. The molecule has 4 nitrogen and oxygen atoms in total. The van der Waals surface area contributed by atoms with E-state index >= 15 is 0 Å². The van der Waals surface area contributed by atoms with Crippen LogP contribution in [0, 0.1) is 0 Å². The molecular weight excluding hydrogens is 358 g/mol. The van der Waals surface area contributed by atoms with Crippen LogP contribution in [0.3, 0.4) is 0 Å². The SMILES string of the molecule is COc1cc2c(NC3CCN(C4CC4)CC3)c3ccccc3nc2cc1Cl. The molecule has 2 aromatic carbocycles. The molecule has 0 radical (unpaired) electrons. The second-order valence-electron chi connectivity index (χ2n) is 7.69. The van der Waals surface area contributed by atoms with E-state index in [1.165, 1.54) is 38.8 Å². The van der Waals surface area contributed by atoms with Gasteiger partial charge in [0.15, 0.2) is 0 Å². The number of piperidine rings is 1. The molecule has 1 N–H and O–H groups in total. The molecular formula is C22H24ClN3O. The monoisotopic (exact) mass is 381 g/mol.